The number of carboxylic acid groups (broad SMARTS) is 1. The third-order valence-corrected chi connectivity index (χ3v) is 4.92. The second-order valence-corrected chi connectivity index (χ2v) is 7.04. The van der Waals surface area contributed by atoms with E-state index in [1.165, 1.54) is 24.1 Å². The molecule has 3 aromatic carbocycles. The van der Waals surface area contributed by atoms with Gasteiger partial charge in [-0.1, -0.05) is 6.07 Å². The number of aryl methyl sites for hydroxylation is 1. The van der Waals surface area contributed by atoms with Gasteiger partial charge in [0.05, 0.1) is 0 Å². The van der Waals surface area contributed by atoms with Crippen molar-refractivity contribution in [3.63, 3.8) is 0 Å². The van der Waals surface area contributed by atoms with Crippen LogP contribution in [0.1, 0.15) is 11.1 Å². The van der Waals surface area contributed by atoms with Crippen molar-refractivity contribution in [3.05, 3.63) is 76.9 Å². The van der Waals surface area contributed by atoms with Crippen LogP contribution >= 0.6 is 0 Å². The average molecular weight is 433 g/mol. The lowest BCUT2D eigenvalue weighted by Crippen LogP contribution is -2.17. The number of nitrogens with zero attached hydrogens (tertiary/aromatic N) is 1. The number of benzene rings is 3. The molecule has 0 atom stereocenters. The largest absolute Gasteiger partial charge is 0.479 e. The number of hydrogen-bond acceptors (Lipinski definition) is 3. The Kier molecular flexibility index (Phi) is 6.19. The van der Waals surface area contributed by atoms with Gasteiger partial charge in [0, 0.05) is 18.8 Å². The van der Waals surface area contributed by atoms with E-state index < -0.39 is 47.3 Å². The number of anilines is 2. The lowest BCUT2D eigenvalue weighted by Gasteiger charge is -2.25. The highest BCUT2D eigenvalue weighted by molar-refractivity contribution is 5.76. The first-order valence-electron chi connectivity index (χ1n) is 9.22. The Bertz CT molecular complexity index is 1140. The van der Waals surface area contributed by atoms with Gasteiger partial charge in [0.2, 0.25) is 0 Å². The smallest absolute Gasteiger partial charge is 0.341 e. The minimum absolute atomic E-state index is 0.273. The van der Waals surface area contributed by atoms with E-state index in [1.54, 1.807) is 26.0 Å². The SMILES string of the molecule is Cc1cc(-c2cc(F)cc(F)c2)cc(N(C)c2c(F)ccc(OCC(=O)O)c2F)c1C. The first-order valence-corrected chi connectivity index (χ1v) is 9.22. The molecule has 0 fully saturated rings. The van der Waals surface area contributed by atoms with Gasteiger partial charge >= 0.3 is 5.97 Å². The highest BCUT2D eigenvalue weighted by atomic mass is 19.1. The van der Waals surface area contributed by atoms with E-state index in [4.69, 9.17) is 9.84 Å². The van der Waals surface area contributed by atoms with E-state index >= 15 is 0 Å². The lowest BCUT2D eigenvalue weighted by atomic mass is 9.97. The monoisotopic (exact) mass is 433 g/mol. The summed E-state index contributed by atoms with van der Waals surface area (Å²) in [4.78, 5) is 12.0. The third kappa shape index (κ3) is 4.63. The Morgan fingerprint density at radius 3 is 2.19 bits per heavy atom. The Morgan fingerprint density at radius 2 is 1.58 bits per heavy atom. The average Bonchev–Trinajstić information content (AvgIpc) is 2.68. The molecule has 0 aliphatic rings. The van der Waals surface area contributed by atoms with Crippen molar-refractivity contribution >= 4 is 17.3 Å². The topological polar surface area (TPSA) is 49.8 Å². The number of hydrogen-bond donors (Lipinski definition) is 1. The van der Waals surface area contributed by atoms with Gasteiger partial charge in [0.25, 0.3) is 0 Å². The second-order valence-electron chi connectivity index (χ2n) is 7.04. The van der Waals surface area contributed by atoms with E-state index in [2.05, 4.69) is 0 Å². The Labute approximate surface area is 176 Å². The Morgan fingerprint density at radius 1 is 0.968 bits per heavy atom. The number of ether oxygens (including phenoxy) is 1. The van der Waals surface area contributed by atoms with E-state index in [9.17, 15) is 22.4 Å². The van der Waals surface area contributed by atoms with Crippen molar-refractivity contribution in [2.24, 2.45) is 0 Å². The van der Waals surface area contributed by atoms with Crippen molar-refractivity contribution in [2.75, 3.05) is 18.6 Å². The van der Waals surface area contributed by atoms with Crippen molar-refractivity contribution in [1.82, 2.24) is 0 Å². The molecule has 0 radical (unpaired) electrons. The molecule has 3 aromatic rings. The van der Waals surface area contributed by atoms with E-state index in [0.29, 0.717) is 16.8 Å². The summed E-state index contributed by atoms with van der Waals surface area (Å²) in [5.74, 6) is -5.17. The molecular weight excluding hydrogens is 414 g/mol. The first kappa shape index (κ1) is 22.1. The molecule has 0 aromatic heterocycles. The van der Waals surface area contributed by atoms with Crippen LogP contribution in [0.3, 0.4) is 0 Å². The minimum Gasteiger partial charge on any atom is -0.479 e. The number of rotatable bonds is 6. The van der Waals surface area contributed by atoms with Crippen LogP contribution in [0.15, 0.2) is 42.5 Å². The summed E-state index contributed by atoms with van der Waals surface area (Å²) < 4.78 is 61.8. The van der Waals surface area contributed by atoms with Crippen LogP contribution in [-0.2, 0) is 4.79 Å². The predicted molar refractivity (Wildman–Crippen MR) is 109 cm³/mol. The molecule has 3 rings (SSSR count). The second kappa shape index (κ2) is 8.67. The van der Waals surface area contributed by atoms with Crippen LogP contribution < -0.4 is 9.64 Å². The molecule has 0 heterocycles. The fraction of sp³-hybridized carbons (Fsp3) is 0.174. The Hall–Kier alpha value is -3.55. The van der Waals surface area contributed by atoms with Crippen LogP contribution in [0.25, 0.3) is 11.1 Å². The normalized spacial score (nSPS) is 10.8. The number of aliphatic carboxylic acids is 1. The summed E-state index contributed by atoms with van der Waals surface area (Å²) in [6, 6.07) is 8.36. The van der Waals surface area contributed by atoms with Crippen molar-refractivity contribution in [1.29, 1.82) is 0 Å². The van der Waals surface area contributed by atoms with Gasteiger partial charge in [0.1, 0.15) is 23.1 Å². The van der Waals surface area contributed by atoms with E-state index in [-0.39, 0.29) is 5.56 Å². The molecule has 0 spiro atoms. The molecule has 8 heteroatoms. The lowest BCUT2D eigenvalue weighted by molar-refractivity contribution is -0.139. The van der Waals surface area contributed by atoms with Gasteiger partial charge in [-0.3, -0.25) is 0 Å². The molecule has 0 saturated heterocycles. The zero-order valence-electron chi connectivity index (χ0n) is 17.0. The van der Waals surface area contributed by atoms with Crippen LogP contribution in [0.2, 0.25) is 0 Å². The number of carbonyl (C=O) groups is 1. The number of carboxylic acids is 1. The molecule has 1 N–H and O–H groups in total. The summed E-state index contributed by atoms with van der Waals surface area (Å²) in [6.45, 7) is 2.73. The van der Waals surface area contributed by atoms with Crippen LogP contribution in [0, 0.1) is 37.1 Å². The van der Waals surface area contributed by atoms with Crippen LogP contribution in [-0.4, -0.2) is 24.7 Å². The molecule has 162 valence electrons. The van der Waals surface area contributed by atoms with Crippen molar-refractivity contribution in [2.45, 2.75) is 13.8 Å². The van der Waals surface area contributed by atoms with Gasteiger partial charge in [-0.25, -0.2) is 22.4 Å². The maximum Gasteiger partial charge on any atom is 0.341 e. The van der Waals surface area contributed by atoms with Crippen molar-refractivity contribution in [3.8, 4) is 16.9 Å². The molecule has 0 bridgehead atoms. The van der Waals surface area contributed by atoms with Gasteiger partial charge in [-0.2, -0.15) is 0 Å². The predicted octanol–water partition coefficient (Wildman–Crippen LogP) is 5.76. The molecule has 0 aliphatic carbocycles. The maximum absolute atomic E-state index is 15.0. The Balaban J connectivity index is 2.12. The molecule has 4 nitrogen and oxygen atoms in total. The maximum atomic E-state index is 15.0. The molecule has 0 aliphatic heterocycles. The fourth-order valence-electron chi connectivity index (χ4n) is 3.28. The van der Waals surface area contributed by atoms with Gasteiger partial charge < -0.3 is 14.7 Å². The quantitative estimate of drug-likeness (QED) is 0.503. The molecule has 0 saturated carbocycles. The third-order valence-electron chi connectivity index (χ3n) is 4.92. The molecule has 0 amide bonds. The van der Waals surface area contributed by atoms with Crippen molar-refractivity contribution < 1.29 is 32.2 Å². The first-order chi connectivity index (χ1) is 14.6. The molecular formula is C23H19F4NO3. The van der Waals surface area contributed by atoms with Crippen LogP contribution in [0.4, 0.5) is 28.9 Å². The zero-order chi connectivity index (χ0) is 22.9. The highest BCUT2D eigenvalue weighted by Gasteiger charge is 2.22. The minimum atomic E-state index is -1.31. The highest BCUT2D eigenvalue weighted by Crippen LogP contribution is 2.38. The standard InChI is InChI=1S/C23H19F4NO3/c1-12-6-14(15-7-16(24)10-17(25)8-15)9-19(13(12)2)28(3)23-18(26)4-5-20(22(23)27)31-11-21(29)30/h4-10H,11H2,1-3H3,(H,29,30). The van der Waals surface area contributed by atoms with Crippen LogP contribution in [0.5, 0.6) is 5.75 Å². The van der Waals surface area contributed by atoms with Gasteiger partial charge in [-0.15, -0.1) is 0 Å². The zero-order valence-corrected chi connectivity index (χ0v) is 17.0. The van der Waals surface area contributed by atoms with E-state index in [1.807, 2.05) is 0 Å². The van der Waals surface area contributed by atoms with Gasteiger partial charge in [0.15, 0.2) is 18.2 Å². The van der Waals surface area contributed by atoms with Gasteiger partial charge in [-0.05, 0) is 66.4 Å². The fourth-order valence-corrected chi connectivity index (χ4v) is 3.28. The number of halogens is 4. The summed E-state index contributed by atoms with van der Waals surface area (Å²) in [5, 5.41) is 8.74. The molecule has 0 unspecified atom stereocenters. The van der Waals surface area contributed by atoms with E-state index in [0.717, 1.165) is 23.8 Å². The summed E-state index contributed by atoms with van der Waals surface area (Å²) in [5.41, 5.74) is 2.11. The molecule has 31 heavy (non-hydrogen) atoms. The summed E-state index contributed by atoms with van der Waals surface area (Å²) >= 11 is 0. The summed E-state index contributed by atoms with van der Waals surface area (Å²) in [7, 11) is 1.43. The summed E-state index contributed by atoms with van der Waals surface area (Å²) in [6.07, 6.45) is 0.